The van der Waals surface area contributed by atoms with Gasteiger partial charge < -0.3 is 9.84 Å². The van der Waals surface area contributed by atoms with Gasteiger partial charge in [-0.2, -0.15) is 0 Å². The molecule has 2 N–H and O–H groups in total. The molecule has 3 atom stereocenters. The standard InChI is InChI=1S/C15H27NO3/c1-3-16-15(14(17)18,12-7-8-12)10-19-13-6-4-5-11(2)9-13/h11-13,16H,3-10H2,1-2H3,(H,17,18). The van der Waals surface area contributed by atoms with Gasteiger partial charge in [0, 0.05) is 0 Å². The first-order valence-corrected chi connectivity index (χ1v) is 7.68. The maximum absolute atomic E-state index is 11.7. The second-order valence-electron chi connectivity index (χ2n) is 6.29. The molecule has 4 heteroatoms. The number of ether oxygens (including phenoxy) is 1. The fourth-order valence-corrected chi connectivity index (χ4v) is 3.30. The largest absolute Gasteiger partial charge is 0.480 e. The molecule has 110 valence electrons. The average molecular weight is 269 g/mol. The van der Waals surface area contributed by atoms with Crippen LogP contribution in [0.5, 0.6) is 0 Å². The van der Waals surface area contributed by atoms with Crippen LogP contribution in [0, 0.1) is 11.8 Å². The summed E-state index contributed by atoms with van der Waals surface area (Å²) in [7, 11) is 0. The lowest BCUT2D eigenvalue weighted by atomic mass is 9.88. The number of carboxylic acid groups (broad SMARTS) is 1. The minimum absolute atomic E-state index is 0.242. The molecule has 0 amide bonds. The highest BCUT2D eigenvalue weighted by Gasteiger charge is 2.51. The van der Waals surface area contributed by atoms with Crippen LogP contribution in [0.2, 0.25) is 0 Å². The fraction of sp³-hybridized carbons (Fsp3) is 0.933. The van der Waals surface area contributed by atoms with E-state index in [0.29, 0.717) is 19.1 Å². The molecule has 0 heterocycles. The Hall–Kier alpha value is -0.610. The zero-order valence-electron chi connectivity index (χ0n) is 12.2. The van der Waals surface area contributed by atoms with Crippen molar-refractivity contribution in [3.8, 4) is 0 Å². The molecule has 0 spiro atoms. The van der Waals surface area contributed by atoms with E-state index in [9.17, 15) is 9.90 Å². The summed E-state index contributed by atoms with van der Waals surface area (Å²) in [6.07, 6.45) is 6.90. The van der Waals surface area contributed by atoms with Gasteiger partial charge in [-0.25, -0.2) is 0 Å². The monoisotopic (exact) mass is 269 g/mol. The topological polar surface area (TPSA) is 58.6 Å². The maximum atomic E-state index is 11.7. The third kappa shape index (κ3) is 3.48. The Morgan fingerprint density at radius 2 is 2.11 bits per heavy atom. The van der Waals surface area contributed by atoms with Crippen LogP contribution in [-0.2, 0) is 9.53 Å². The number of carboxylic acids is 1. The maximum Gasteiger partial charge on any atom is 0.326 e. The second kappa shape index (κ2) is 6.23. The molecule has 0 radical (unpaired) electrons. The van der Waals surface area contributed by atoms with Crippen molar-refractivity contribution in [1.29, 1.82) is 0 Å². The van der Waals surface area contributed by atoms with E-state index in [1.54, 1.807) is 0 Å². The molecule has 0 saturated heterocycles. The van der Waals surface area contributed by atoms with Crippen LogP contribution in [-0.4, -0.2) is 35.9 Å². The Kier molecular flexibility index (Phi) is 4.85. The fourth-order valence-electron chi connectivity index (χ4n) is 3.30. The van der Waals surface area contributed by atoms with Crippen LogP contribution in [0.1, 0.15) is 52.4 Å². The smallest absolute Gasteiger partial charge is 0.326 e. The molecule has 2 rings (SSSR count). The summed E-state index contributed by atoms with van der Waals surface area (Å²) in [6, 6.07) is 0. The molecule has 2 aliphatic rings. The third-order valence-corrected chi connectivity index (χ3v) is 4.58. The van der Waals surface area contributed by atoms with Gasteiger partial charge in [0.25, 0.3) is 0 Å². The molecule has 2 saturated carbocycles. The average Bonchev–Trinajstić information content (AvgIpc) is 3.19. The normalized spacial score (nSPS) is 30.8. The predicted molar refractivity (Wildman–Crippen MR) is 74.1 cm³/mol. The Labute approximate surface area is 115 Å². The van der Waals surface area contributed by atoms with Crippen LogP contribution >= 0.6 is 0 Å². The molecular weight excluding hydrogens is 242 g/mol. The first-order chi connectivity index (χ1) is 9.08. The molecule has 2 fully saturated rings. The molecule has 19 heavy (non-hydrogen) atoms. The van der Waals surface area contributed by atoms with Crippen molar-refractivity contribution in [2.75, 3.05) is 13.2 Å². The van der Waals surface area contributed by atoms with Gasteiger partial charge in [-0.05, 0) is 44.1 Å². The summed E-state index contributed by atoms with van der Waals surface area (Å²) in [5.41, 5.74) is -0.852. The van der Waals surface area contributed by atoms with Crippen molar-refractivity contribution in [1.82, 2.24) is 5.32 Å². The van der Waals surface area contributed by atoms with Crippen LogP contribution in [0.3, 0.4) is 0 Å². The lowest BCUT2D eigenvalue weighted by Gasteiger charge is -2.34. The molecule has 3 unspecified atom stereocenters. The molecule has 0 aromatic carbocycles. The molecule has 2 aliphatic carbocycles. The van der Waals surface area contributed by atoms with Crippen molar-refractivity contribution in [2.24, 2.45) is 11.8 Å². The summed E-state index contributed by atoms with van der Waals surface area (Å²) in [5.74, 6) is 0.199. The SMILES string of the molecule is CCNC(COC1CCCC(C)C1)(C(=O)O)C1CC1. The lowest BCUT2D eigenvalue weighted by molar-refractivity contribution is -0.151. The zero-order valence-corrected chi connectivity index (χ0v) is 12.2. The molecule has 0 aliphatic heterocycles. The second-order valence-corrected chi connectivity index (χ2v) is 6.29. The van der Waals surface area contributed by atoms with Gasteiger partial charge in [-0.15, -0.1) is 0 Å². The van der Waals surface area contributed by atoms with E-state index in [-0.39, 0.29) is 12.0 Å². The van der Waals surface area contributed by atoms with E-state index in [0.717, 1.165) is 25.7 Å². The van der Waals surface area contributed by atoms with Crippen molar-refractivity contribution in [3.05, 3.63) is 0 Å². The van der Waals surface area contributed by atoms with Gasteiger partial charge >= 0.3 is 5.97 Å². The Morgan fingerprint density at radius 1 is 1.37 bits per heavy atom. The Balaban J connectivity index is 1.94. The minimum atomic E-state index is -0.852. The summed E-state index contributed by atoms with van der Waals surface area (Å²) in [6.45, 7) is 5.21. The van der Waals surface area contributed by atoms with E-state index >= 15 is 0 Å². The first kappa shape index (κ1) is 14.8. The van der Waals surface area contributed by atoms with E-state index in [2.05, 4.69) is 12.2 Å². The number of aliphatic carboxylic acids is 1. The number of carbonyl (C=O) groups is 1. The Morgan fingerprint density at radius 3 is 2.63 bits per heavy atom. The highest BCUT2D eigenvalue weighted by molar-refractivity contribution is 5.80. The van der Waals surface area contributed by atoms with Gasteiger partial charge in [0.05, 0.1) is 12.7 Å². The summed E-state index contributed by atoms with van der Waals surface area (Å²) in [5, 5.41) is 12.8. The minimum Gasteiger partial charge on any atom is -0.480 e. The lowest BCUT2D eigenvalue weighted by Crippen LogP contribution is -2.58. The summed E-state index contributed by atoms with van der Waals surface area (Å²) >= 11 is 0. The van der Waals surface area contributed by atoms with Crippen LogP contribution < -0.4 is 5.32 Å². The molecule has 0 bridgehead atoms. The van der Waals surface area contributed by atoms with Crippen molar-refractivity contribution >= 4 is 5.97 Å². The summed E-state index contributed by atoms with van der Waals surface area (Å²) in [4.78, 5) is 11.7. The van der Waals surface area contributed by atoms with Gasteiger partial charge in [0.15, 0.2) is 0 Å². The predicted octanol–water partition coefficient (Wildman–Crippen LogP) is 2.42. The number of hydrogen-bond donors (Lipinski definition) is 2. The quantitative estimate of drug-likeness (QED) is 0.745. The molecule has 4 nitrogen and oxygen atoms in total. The van der Waals surface area contributed by atoms with Gasteiger partial charge in [0.2, 0.25) is 0 Å². The number of rotatable bonds is 7. The van der Waals surface area contributed by atoms with Crippen molar-refractivity contribution in [3.63, 3.8) is 0 Å². The van der Waals surface area contributed by atoms with E-state index in [4.69, 9.17) is 4.74 Å². The van der Waals surface area contributed by atoms with E-state index in [1.165, 1.54) is 12.8 Å². The number of likely N-dealkylation sites (N-methyl/N-ethyl adjacent to an activating group) is 1. The van der Waals surface area contributed by atoms with Gasteiger partial charge in [-0.1, -0.05) is 26.7 Å². The van der Waals surface area contributed by atoms with Crippen LogP contribution in [0.25, 0.3) is 0 Å². The van der Waals surface area contributed by atoms with Gasteiger partial charge in [0.1, 0.15) is 5.54 Å². The molecule has 0 aromatic rings. The van der Waals surface area contributed by atoms with Gasteiger partial charge in [-0.3, -0.25) is 10.1 Å². The van der Waals surface area contributed by atoms with Crippen molar-refractivity contribution < 1.29 is 14.6 Å². The summed E-state index contributed by atoms with van der Waals surface area (Å²) < 4.78 is 5.99. The van der Waals surface area contributed by atoms with E-state index < -0.39 is 11.5 Å². The third-order valence-electron chi connectivity index (χ3n) is 4.58. The van der Waals surface area contributed by atoms with Crippen LogP contribution in [0.15, 0.2) is 0 Å². The zero-order chi connectivity index (χ0) is 13.9. The molecule has 0 aromatic heterocycles. The Bertz CT molecular complexity index is 317. The highest BCUT2D eigenvalue weighted by atomic mass is 16.5. The number of hydrogen-bond acceptors (Lipinski definition) is 3. The molecular formula is C15H27NO3. The first-order valence-electron chi connectivity index (χ1n) is 7.68. The van der Waals surface area contributed by atoms with E-state index in [1.807, 2.05) is 6.92 Å². The van der Waals surface area contributed by atoms with Crippen molar-refractivity contribution in [2.45, 2.75) is 64.0 Å². The number of nitrogens with one attached hydrogen (secondary N) is 1. The highest BCUT2D eigenvalue weighted by Crippen LogP contribution is 2.40. The van der Waals surface area contributed by atoms with Crippen LogP contribution in [0.4, 0.5) is 0 Å².